The molecule has 0 amide bonds. The molecule has 10 heteroatoms. The molecule has 2 heterocycles. The van der Waals surface area contributed by atoms with Gasteiger partial charge in [-0.2, -0.15) is 13.2 Å². The van der Waals surface area contributed by atoms with Crippen molar-refractivity contribution in [1.29, 1.82) is 0 Å². The number of thiazole rings is 1. The number of carboxylic acids is 1. The number of hydrogen-bond acceptors (Lipinski definition) is 5. The van der Waals surface area contributed by atoms with Crippen LogP contribution in [0.2, 0.25) is 0 Å². The monoisotopic (exact) mass is 452 g/mol. The average Bonchev–Trinajstić information content (AvgIpc) is 3.36. The molecule has 4 rings (SSSR count). The van der Waals surface area contributed by atoms with Gasteiger partial charge in [-0.05, 0) is 49.1 Å². The summed E-state index contributed by atoms with van der Waals surface area (Å²) in [5, 5.41) is 11.1. The zero-order valence-electron chi connectivity index (χ0n) is 16.7. The molecule has 0 radical (unpaired) electrons. The van der Waals surface area contributed by atoms with Gasteiger partial charge in [0.25, 0.3) is 0 Å². The van der Waals surface area contributed by atoms with Gasteiger partial charge in [0.1, 0.15) is 0 Å². The van der Waals surface area contributed by atoms with Gasteiger partial charge in [0.15, 0.2) is 22.3 Å². The average molecular weight is 452 g/mol. The summed E-state index contributed by atoms with van der Waals surface area (Å²) in [6.07, 6.45) is -4.19. The van der Waals surface area contributed by atoms with Crippen molar-refractivity contribution in [3.63, 3.8) is 0 Å². The minimum atomic E-state index is -4.26. The van der Waals surface area contributed by atoms with Crippen LogP contribution in [0.4, 0.5) is 13.2 Å². The Morgan fingerprint density at radius 1 is 1.23 bits per heavy atom. The van der Waals surface area contributed by atoms with Crippen molar-refractivity contribution in [1.82, 2.24) is 9.55 Å². The molecule has 0 bridgehead atoms. The van der Waals surface area contributed by atoms with Gasteiger partial charge in [0.2, 0.25) is 0 Å². The number of rotatable bonds is 5. The molecule has 3 aromatic rings. The Bertz CT molecular complexity index is 1140. The molecule has 6 nitrogen and oxygen atoms in total. The molecule has 1 aromatic carbocycles. The maximum Gasteiger partial charge on any atom is 0.392 e. The number of carboxylic acid groups (broad SMARTS) is 1. The SMILES string of the molecule is COc1ccc(-c2cc3c(n2-c2nc(C(=O)O)cs2)CCC(C(F)(F)F)C3)cc1OC. The maximum atomic E-state index is 13.4. The number of ether oxygens (including phenoxy) is 2. The van der Waals surface area contributed by atoms with E-state index >= 15 is 0 Å². The minimum Gasteiger partial charge on any atom is -0.493 e. The van der Waals surface area contributed by atoms with E-state index in [0.717, 1.165) is 17.0 Å². The van der Waals surface area contributed by atoms with Crippen molar-refractivity contribution in [3.8, 4) is 27.9 Å². The normalized spacial score (nSPS) is 16.1. The standard InChI is InChI=1S/C21H19F3N2O4S/c1-29-17-6-3-11(9-18(17)30-2)16-8-12-7-13(21(22,23)24)4-5-15(12)26(16)20-25-14(10-31-20)19(27)28/h3,6,8-10,13H,4-5,7H2,1-2H3,(H,27,28). The third-order valence-corrected chi connectivity index (χ3v) is 6.26. The summed E-state index contributed by atoms with van der Waals surface area (Å²) >= 11 is 1.13. The molecule has 1 atom stereocenters. The van der Waals surface area contributed by atoms with E-state index in [2.05, 4.69) is 4.98 Å². The van der Waals surface area contributed by atoms with Crippen LogP contribution in [0, 0.1) is 5.92 Å². The molecule has 0 saturated heterocycles. The number of aromatic nitrogens is 2. The lowest BCUT2D eigenvalue weighted by Crippen LogP contribution is -2.29. The van der Waals surface area contributed by atoms with Gasteiger partial charge in [0, 0.05) is 16.6 Å². The van der Waals surface area contributed by atoms with Crippen LogP contribution in [0.25, 0.3) is 16.4 Å². The number of nitrogens with zero attached hydrogens (tertiary/aromatic N) is 2. The molecule has 1 aliphatic carbocycles. The summed E-state index contributed by atoms with van der Waals surface area (Å²) < 4.78 is 52.5. The smallest absolute Gasteiger partial charge is 0.392 e. The van der Waals surface area contributed by atoms with Crippen LogP contribution in [0.15, 0.2) is 29.6 Å². The lowest BCUT2D eigenvalue weighted by molar-refractivity contribution is -0.177. The lowest BCUT2D eigenvalue weighted by atomic mass is 9.87. The molecule has 164 valence electrons. The van der Waals surface area contributed by atoms with Gasteiger partial charge >= 0.3 is 12.1 Å². The Labute approximate surface area is 179 Å². The van der Waals surface area contributed by atoms with Crippen molar-refractivity contribution in [2.24, 2.45) is 5.92 Å². The predicted molar refractivity (Wildman–Crippen MR) is 109 cm³/mol. The van der Waals surface area contributed by atoms with Crippen LogP contribution >= 0.6 is 11.3 Å². The van der Waals surface area contributed by atoms with Crippen LogP contribution in [0.3, 0.4) is 0 Å². The third kappa shape index (κ3) is 3.87. The van der Waals surface area contributed by atoms with Crippen molar-refractivity contribution in [3.05, 3.63) is 46.6 Å². The summed E-state index contributed by atoms with van der Waals surface area (Å²) in [4.78, 5) is 15.5. The summed E-state index contributed by atoms with van der Waals surface area (Å²) in [6.45, 7) is 0. The fraction of sp³-hybridized carbons (Fsp3) is 0.333. The summed E-state index contributed by atoms with van der Waals surface area (Å²) in [5.41, 5.74) is 2.52. The highest BCUT2D eigenvalue weighted by Crippen LogP contribution is 2.42. The zero-order valence-corrected chi connectivity index (χ0v) is 17.5. The lowest BCUT2D eigenvalue weighted by Gasteiger charge is -2.25. The maximum absolute atomic E-state index is 13.4. The third-order valence-electron chi connectivity index (χ3n) is 5.43. The highest BCUT2D eigenvalue weighted by Gasteiger charge is 2.42. The first-order valence-corrected chi connectivity index (χ1v) is 10.3. The van der Waals surface area contributed by atoms with Gasteiger partial charge < -0.3 is 14.6 Å². The minimum absolute atomic E-state index is 0.0248. The van der Waals surface area contributed by atoms with Gasteiger partial charge in [-0.15, -0.1) is 11.3 Å². The van der Waals surface area contributed by atoms with Gasteiger partial charge in [-0.1, -0.05) is 0 Å². The predicted octanol–water partition coefficient (Wildman–Crippen LogP) is 4.98. The van der Waals surface area contributed by atoms with Gasteiger partial charge in [-0.3, -0.25) is 4.57 Å². The van der Waals surface area contributed by atoms with Crippen LogP contribution in [0.1, 0.15) is 28.2 Å². The fourth-order valence-corrected chi connectivity index (χ4v) is 4.74. The highest BCUT2D eigenvalue weighted by molar-refractivity contribution is 7.12. The largest absolute Gasteiger partial charge is 0.493 e. The van der Waals surface area contributed by atoms with E-state index in [4.69, 9.17) is 9.47 Å². The van der Waals surface area contributed by atoms with E-state index in [1.165, 1.54) is 19.6 Å². The van der Waals surface area contributed by atoms with Crippen LogP contribution in [0.5, 0.6) is 11.5 Å². The molecule has 0 saturated carbocycles. The molecule has 1 unspecified atom stereocenters. The van der Waals surface area contributed by atoms with E-state index in [9.17, 15) is 23.1 Å². The molecular formula is C21H19F3N2O4S. The van der Waals surface area contributed by atoms with E-state index in [-0.39, 0.29) is 25.0 Å². The first-order chi connectivity index (χ1) is 14.7. The van der Waals surface area contributed by atoms with E-state index in [1.54, 1.807) is 28.8 Å². The molecule has 0 fully saturated rings. The number of alkyl halides is 3. The quantitative estimate of drug-likeness (QED) is 0.591. The van der Waals surface area contributed by atoms with E-state index in [0.29, 0.717) is 33.5 Å². The number of hydrogen-bond donors (Lipinski definition) is 1. The topological polar surface area (TPSA) is 73.6 Å². The fourth-order valence-electron chi connectivity index (χ4n) is 3.90. The van der Waals surface area contributed by atoms with Crippen LogP contribution in [-0.4, -0.2) is 41.0 Å². The summed E-state index contributed by atoms with van der Waals surface area (Å²) in [5.74, 6) is -1.56. The number of methoxy groups -OCH3 is 2. The van der Waals surface area contributed by atoms with Crippen molar-refractivity contribution < 1.29 is 32.5 Å². The van der Waals surface area contributed by atoms with E-state index in [1.807, 2.05) is 0 Å². The Hall–Kier alpha value is -3.01. The highest BCUT2D eigenvalue weighted by atomic mass is 32.1. The second kappa shape index (κ2) is 7.92. The first kappa shape index (κ1) is 21.2. The number of fused-ring (bicyclic) bond motifs is 1. The summed E-state index contributed by atoms with van der Waals surface area (Å²) in [6, 6.07) is 6.97. The van der Waals surface area contributed by atoms with E-state index < -0.39 is 18.1 Å². The first-order valence-electron chi connectivity index (χ1n) is 9.44. The second-order valence-electron chi connectivity index (χ2n) is 7.21. The molecule has 0 spiro atoms. The zero-order chi connectivity index (χ0) is 22.3. The molecular weight excluding hydrogens is 433 g/mol. The number of benzene rings is 1. The molecule has 31 heavy (non-hydrogen) atoms. The number of halogens is 3. The number of carbonyl (C=O) groups is 1. The molecule has 0 aliphatic heterocycles. The van der Waals surface area contributed by atoms with Crippen molar-refractivity contribution >= 4 is 17.3 Å². The second-order valence-corrected chi connectivity index (χ2v) is 8.05. The number of aromatic carboxylic acids is 1. The molecule has 2 aromatic heterocycles. The van der Waals surface area contributed by atoms with Gasteiger partial charge in [-0.25, -0.2) is 9.78 Å². The summed E-state index contributed by atoms with van der Waals surface area (Å²) in [7, 11) is 3.01. The Kier molecular flexibility index (Phi) is 5.42. The Morgan fingerprint density at radius 3 is 2.58 bits per heavy atom. The molecule has 1 N–H and O–H groups in total. The van der Waals surface area contributed by atoms with Crippen molar-refractivity contribution in [2.75, 3.05) is 14.2 Å². The van der Waals surface area contributed by atoms with Gasteiger partial charge in [0.05, 0.1) is 25.8 Å². The Balaban J connectivity index is 1.88. The van der Waals surface area contributed by atoms with Crippen molar-refractivity contribution in [2.45, 2.75) is 25.4 Å². The van der Waals surface area contributed by atoms with Crippen LogP contribution in [-0.2, 0) is 12.8 Å². The Morgan fingerprint density at radius 2 is 1.97 bits per heavy atom. The van der Waals surface area contributed by atoms with Crippen LogP contribution < -0.4 is 9.47 Å². The molecule has 1 aliphatic rings.